The highest BCUT2D eigenvalue weighted by Crippen LogP contribution is 2.10. The van der Waals surface area contributed by atoms with Crippen molar-refractivity contribution in [2.45, 2.75) is 39.5 Å². The van der Waals surface area contributed by atoms with E-state index in [0.717, 1.165) is 6.42 Å². The van der Waals surface area contributed by atoms with Crippen LogP contribution in [-0.2, 0) is 0 Å². The van der Waals surface area contributed by atoms with E-state index in [9.17, 15) is 0 Å². The van der Waals surface area contributed by atoms with Crippen molar-refractivity contribution in [1.29, 1.82) is 0 Å². The number of hydrogen-bond donors (Lipinski definition) is 1. The Bertz CT molecular complexity index is 53.2. The minimum atomic E-state index is 0. The van der Waals surface area contributed by atoms with Gasteiger partial charge >= 0.3 is 0 Å². The normalized spacial score (nSPS) is 12.3. The van der Waals surface area contributed by atoms with Crippen molar-refractivity contribution >= 4 is 9.90 Å². The second-order valence-corrected chi connectivity index (χ2v) is 2.60. The monoisotopic (exact) mass is 164 g/mol. The van der Waals surface area contributed by atoms with E-state index in [0.29, 0.717) is 12.5 Å². The van der Waals surface area contributed by atoms with E-state index in [1.807, 2.05) is 0 Å². The lowest BCUT2D eigenvalue weighted by Gasteiger charge is -2.08. The second kappa shape index (κ2) is 9.39. The molecule has 1 nitrogen and oxygen atoms in total. The van der Waals surface area contributed by atoms with Crippen LogP contribution in [-0.4, -0.2) is 11.7 Å². The Hall–Kier alpha value is 0.390. The summed E-state index contributed by atoms with van der Waals surface area (Å²) in [6, 6.07) is 0. The third-order valence-corrected chi connectivity index (χ3v) is 1.80. The fourth-order valence-corrected chi connectivity index (χ4v) is 0.917. The maximum Gasteiger partial charge on any atom is 0.0459 e. The minimum absolute atomic E-state index is 0. The van der Waals surface area contributed by atoms with Crippen molar-refractivity contribution in [2.24, 2.45) is 5.92 Å². The van der Waals surface area contributed by atoms with E-state index >= 15 is 0 Å². The molecule has 0 aliphatic rings. The summed E-state index contributed by atoms with van der Waals surface area (Å²) in [4.78, 5) is 0. The van der Waals surface area contributed by atoms with Gasteiger partial charge in [0.1, 0.15) is 0 Å². The molecule has 0 amide bonds. The molecule has 2 heteroatoms. The van der Waals surface area contributed by atoms with Gasteiger partial charge in [0.2, 0.25) is 0 Å². The third-order valence-electron chi connectivity index (χ3n) is 1.80. The molecule has 2 atom stereocenters. The standard InChI is InChI=1S/C8H18O.H3P/c1-3-5-6-8(4-2)7-9;/h8-9H,3-7H2,1-2H3;1H3. The lowest BCUT2D eigenvalue weighted by atomic mass is 10.0. The van der Waals surface area contributed by atoms with Crippen LogP contribution < -0.4 is 0 Å². The highest BCUT2D eigenvalue weighted by atomic mass is 31.0. The van der Waals surface area contributed by atoms with Crippen LogP contribution in [0.15, 0.2) is 0 Å². The summed E-state index contributed by atoms with van der Waals surface area (Å²) in [6.45, 7) is 4.69. The van der Waals surface area contributed by atoms with E-state index in [1.54, 1.807) is 0 Å². The van der Waals surface area contributed by atoms with Crippen LogP contribution in [0.1, 0.15) is 39.5 Å². The molecular weight excluding hydrogens is 143 g/mol. The van der Waals surface area contributed by atoms with Gasteiger partial charge < -0.3 is 5.11 Å². The van der Waals surface area contributed by atoms with E-state index in [4.69, 9.17) is 5.11 Å². The predicted molar refractivity (Wildman–Crippen MR) is 51.5 cm³/mol. The van der Waals surface area contributed by atoms with Crippen LogP contribution in [0.25, 0.3) is 0 Å². The van der Waals surface area contributed by atoms with Gasteiger partial charge in [0.25, 0.3) is 0 Å². The van der Waals surface area contributed by atoms with Gasteiger partial charge in [-0.1, -0.05) is 33.1 Å². The van der Waals surface area contributed by atoms with Gasteiger partial charge in [-0.15, -0.1) is 0 Å². The Morgan fingerprint density at radius 2 is 1.90 bits per heavy atom. The Morgan fingerprint density at radius 1 is 1.30 bits per heavy atom. The lowest BCUT2D eigenvalue weighted by Crippen LogP contribution is -2.03. The number of unbranched alkanes of at least 4 members (excludes halogenated alkanes) is 1. The number of aliphatic hydroxyl groups is 1. The Kier molecular flexibility index (Phi) is 12.2. The molecule has 0 aromatic rings. The van der Waals surface area contributed by atoms with E-state index in [2.05, 4.69) is 13.8 Å². The van der Waals surface area contributed by atoms with Gasteiger partial charge in [0.05, 0.1) is 0 Å². The predicted octanol–water partition coefficient (Wildman–Crippen LogP) is 2.25. The van der Waals surface area contributed by atoms with E-state index in [-0.39, 0.29) is 9.90 Å². The van der Waals surface area contributed by atoms with Crippen molar-refractivity contribution in [2.75, 3.05) is 6.61 Å². The van der Waals surface area contributed by atoms with Crippen LogP contribution in [0.5, 0.6) is 0 Å². The fraction of sp³-hybridized carbons (Fsp3) is 1.00. The maximum atomic E-state index is 8.75. The molecule has 1 N–H and O–H groups in total. The highest BCUT2D eigenvalue weighted by Gasteiger charge is 2.01. The molecule has 0 aliphatic heterocycles. The summed E-state index contributed by atoms with van der Waals surface area (Å²) in [5.74, 6) is 0.560. The zero-order valence-electron chi connectivity index (χ0n) is 7.27. The molecule has 0 saturated carbocycles. The summed E-state index contributed by atoms with van der Waals surface area (Å²) in [5, 5.41) is 8.75. The summed E-state index contributed by atoms with van der Waals surface area (Å²) in [6.07, 6.45) is 4.83. The van der Waals surface area contributed by atoms with Crippen LogP contribution in [0.2, 0.25) is 0 Å². The molecule has 0 bridgehead atoms. The van der Waals surface area contributed by atoms with Crippen molar-refractivity contribution in [3.63, 3.8) is 0 Å². The SMILES string of the molecule is CCCCC(CC)CO.P. The van der Waals surface area contributed by atoms with Gasteiger partial charge in [-0.25, -0.2) is 0 Å². The lowest BCUT2D eigenvalue weighted by molar-refractivity contribution is 0.212. The minimum Gasteiger partial charge on any atom is -0.396 e. The average molecular weight is 164 g/mol. The van der Waals surface area contributed by atoms with Crippen LogP contribution in [0.3, 0.4) is 0 Å². The molecule has 0 spiro atoms. The van der Waals surface area contributed by atoms with Crippen molar-refractivity contribution in [3.05, 3.63) is 0 Å². The molecule has 0 fully saturated rings. The Labute approximate surface area is 67.8 Å². The molecular formula is C8H21OP. The highest BCUT2D eigenvalue weighted by molar-refractivity contribution is 6.92. The first kappa shape index (κ1) is 13.0. The van der Waals surface area contributed by atoms with Crippen molar-refractivity contribution in [3.8, 4) is 0 Å². The molecule has 0 aliphatic carbocycles. The molecule has 64 valence electrons. The third kappa shape index (κ3) is 6.51. The van der Waals surface area contributed by atoms with E-state index in [1.165, 1.54) is 19.3 Å². The molecule has 10 heavy (non-hydrogen) atoms. The molecule has 0 saturated heterocycles. The van der Waals surface area contributed by atoms with Gasteiger partial charge in [0, 0.05) is 6.61 Å². The topological polar surface area (TPSA) is 20.2 Å². The second-order valence-electron chi connectivity index (χ2n) is 2.60. The van der Waals surface area contributed by atoms with Crippen LogP contribution in [0.4, 0.5) is 0 Å². The first-order chi connectivity index (χ1) is 4.35. The van der Waals surface area contributed by atoms with Gasteiger partial charge in [-0.2, -0.15) is 9.90 Å². The van der Waals surface area contributed by atoms with E-state index < -0.39 is 0 Å². The van der Waals surface area contributed by atoms with Crippen LogP contribution >= 0.6 is 9.90 Å². The molecule has 0 heterocycles. The molecule has 0 rings (SSSR count). The molecule has 0 aromatic heterocycles. The number of rotatable bonds is 5. The van der Waals surface area contributed by atoms with Gasteiger partial charge in [0.15, 0.2) is 0 Å². The van der Waals surface area contributed by atoms with Crippen LogP contribution in [0, 0.1) is 5.92 Å². The summed E-state index contributed by atoms with van der Waals surface area (Å²) >= 11 is 0. The average Bonchev–Trinajstić information content (AvgIpc) is 1.91. The molecule has 0 radical (unpaired) electrons. The summed E-state index contributed by atoms with van der Waals surface area (Å²) < 4.78 is 0. The number of hydrogen-bond acceptors (Lipinski definition) is 1. The summed E-state index contributed by atoms with van der Waals surface area (Å²) in [7, 11) is 0. The zero-order valence-corrected chi connectivity index (χ0v) is 8.68. The van der Waals surface area contributed by atoms with Crippen molar-refractivity contribution < 1.29 is 5.11 Å². The maximum absolute atomic E-state index is 8.75. The van der Waals surface area contributed by atoms with Gasteiger partial charge in [-0.3, -0.25) is 0 Å². The summed E-state index contributed by atoms with van der Waals surface area (Å²) in [5.41, 5.74) is 0. The largest absolute Gasteiger partial charge is 0.396 e. The fourth-order valence-electron chi connectivity index (χ4n) is 0.917. The smallest absolute Gasteiger partial charge is 0.0459 e. The number of aliphatic hydroxyl groups excluding tert-OH is 1. The van der Waals surface area contributed by atoms with Gasteiger partial charge in [-0.05, 0) is 12.3 Å². The first-order valence-electron chi connectivity index (χ1n) is 3.96. The molecule has 0 aromatic carbocycles. The zero-order chi connectivity index (χ0) is 7.11. The Morgan fingerprint density at radius 3 is 2.20 bits per heavy atom. The van der Waals surface area contributed by atoms with Crippen molar-refractivity contribution in [1.82, 2.24) is 0 Å². The quantitative estimate of drug-likeness (QED) is 0.618. The molecule has 2 unspecified atom stereocenters. The first-order valence-corrected chi connectivity index (χ1v) is 3.96. The Balaban J connectivity index is 0.